The van der Waals surface area contributed by atoms with E-state index < -0.39 is 50.5 Å². The zero-order chi connectivity index (χ0) is 32.0. The van der Waals surface area contributed by atoms with Crippen LogP contribution in [0.2, 0.25) is 0 Å². The molecule has 0 spiro atoms. The first-order chi connectivity index (χ1) is 20.0. The van der Waals surface area contributed by atoms with Gasteiger partial charge in [-0.05, 0) is 63.3 Å². The van der Waals surface area contributed by atoms with Gasteiger partial charge in [-0.25, -0.2) is 13.2 Å². The average molecular weight is 626 g/mol. The molecule has 0 saturated heterocycles. The van der Waals surface area contributed by atoms with Gasteiger partial charge in [0.1, 0.15) is 15.9 Å². The summed E-state index contributed by atoms with van der Waals surface area (Å²) in [6, 6.07) is 6.01. The van der Waals surface area contributed by atoms with Crippen molar-refractivity contribution in [1.82, 2.24) is 10.3 Å². The molecule has 2 N–H and O–H groups in total. The fraction of sp³-hybridized carbons (Fsp3) is 0.533. The van der Waals surface area contributed by atoms with E-state index in [0.29, 0.717) is 37.7 Å². The number of nitrogens with one attached hydrogen (secondary N) is 2. The maximum absolute atomic E-state index is 13.6. The molecule has 0 radical (unpaired) electrons. The maximum atomic E-state index is 13.6. The summed E-state index contributed by atoms with van der Waals surface area (Å²) in [6.45, 7) is 2.76. The van der Waals surface area contributed by atoms with E-state index in [1.165, 1.54) is 39.3 Å². The van der Waals surface area contributed by atoms with Crippen molar-refractivity contribution in [2.45, 2.75) is 77.4 Å². The molecule has 3 rings (SSSR count). The molecule has 1 heterocycles. The number of aromatic nitrogens is 1. The highest BCUT2D eigenvalue weighted by Gasteiger charge is 2.42. The number of anilines is 1. The predicted molar refractivity (Wildman–Crippen MR) is 155 cm³/mol. The van der Waals surface area contributed by atoms with E-state index >= 15 is 0 Å². The van der Waals surface area contributed by atoms with E-state index in [9.17, 15) is 36.0 Å². The summed E-state index contributed by atoms with van der Waals surface area (Å²) in [4.78, 5) is 42.9. The summed E-state index contributed by atoms with van der Waals surface area (Å²) in [5.74, 6) is -1.82. The highest BCUT2D eigenvalue weighted by Crippen LogP contribution is 2.43. The van der Waals surface area contributed by atoms with Crippen molar-refractivity contribution in [3.63, 3.8) is 0 Å². The van der Waals surface area contributed by atoms with Crippen molar-refractivity contribution < 1.29 is 40.7 Å². The minimum atomic E-state index is -4.74. The Morgan fingerprint density at radius 2 is 1.70 bits per heavy atom. The molecule has 236 valence electrons. The fourth-order valence-electron chi connectivity index (χ4n) is 5.61. The lowest BCUT2D eigenvalue weighted by Gasteiger charge is -2.30. The molecule has 43 heavy (non-hydrogen) atoms. The van der Waals surface area contributed by atoms with E-state index in [-0.39, 0.29) is 35.2 Å². The number of sulfone groups is 1. The van der Waals surface area contributed by atoms with Gasteiger partial charge in [-0.2, -0.15) is 13.2 Å². The van der Waals surface area contributed by atoms with Crippen LogP contribution in [0.15, 0.2) is 30.3 Å². The molecule has 1 aromatic carbocycles. The molecule has 0 bridgehead atoms. The number of carbonyl (C=O) groups is 3. The molecule has 1 aliphatic rings. The Morgan fingerprint density at radius 3 is 2.26 bits per heavy atom. The number of methoxy groups -OCH3 is 1. The van der Waals surface area contributed by atoms with Gasteiger partial charge in [0.25, 0.3) is 5.91 Å². The molecule has 1 aromatic heterocycles. The van der Waals surface area contributed by atoms with Crippen LogP contribution in [0, 0.1) is 19.3 Å². The van der Waals surface area contributed by atoms with Crippen LogP contribution in [0.1, 0.15) is 77.8 Å². The first kappa shape index (κ1) is 34.0. The van der Waals surface area contributed by atoms with Gasteiger partial charge in [0.05, 0.1) is 23.9 Å². The Bertz CT molecular complexity index is 1440. The first-order valence-corrected chi connectivity index (χ1v) is 16.1. The molecule has 1 atom stereocenters. The van der Waals surface area contributed by atoms with Crippen molar-refractivity contribution in [2.75, 3.05) is 24.4 Å². The molecule has 1 unspecified atom stereocenters. The zero-order valence-electron chi connectivity index (χ0n) is 24.8. The quantitative estimate of drug-likeness (QED) is 0.252. The molecule has 2 amide bonds. The second-order valence-electron chi connectivity index (χ2n) is 11.2. The largest absolute Gasteiger partial charge is 0.467 e. The molecule has 2 aromatic rings. The number of unbranched alkanes of at least 4 members (excludes halogenated alkanes) is 1. The Labute approximate surface area is 249 Å². The Hall–Kier alpha value is -3.48. The highest BCUT2D eigenvalue weighted by atomic mass is 32.2. The third-order valence-electron chi connectivity index (χ3n) is 7.77. The number of nitrogens with zero attached hydrogens (tertiary/aromatic N) is 1. The Balaban J connectivity index is 1.71. The monoisotopic (exact) mass is 625 g/mol. The van der Waals surface area contributed by atoms with E-state index in [2.05, 4.69) is 15.6 Å². The van der Waals surface area contributed by atoms with E-state index in [1.54, 1.807) is 12.1 Å². The van der Waals surface area contributed by atoms with Crippen LogP contribution in [0.3, 0.4) is 0 Å². The summed E-state index contributed by atoms with van der Waals surface area (Å²) in [5, 5.41) is 5.32. The summed E-state index contributed by atoms with van der Waals surface area (Å²) < 4.78 is 68.7. The van der Waals surface area contributed by atoms with E-state index in [4.69, 9.17) is 4.74 Å². The molecule has 1 aliphatic carbocycles. The second kappa shape index (κ2) is 13.9. The number of ether oxygens (including phenoxy) is 1. The summed E-state index contributed by atoms with van der Waals surface area (Å²) in [5.41, 5.74) is -1.37. The summed E-state index contributed by atoms with van der Waals surface area (Å²) in [6.07, 6.45) is 1.06. The van der Waals surface area contributed by atoms with Crippen LogP contribution in [0.4, 0.5) is 18.9 Å². The number of pyridine rings is 1. The van der Waals surface area contributed by atoms with E-state index in [0.717, 1.165) is 18.9 Å². The number of esters is 1. The third-order valence-corrected chi connectivity index (χ3v) is 8.80. The van der Waals surface area contributed by atoms with Gasteiger partial charge in [-0.1, -0.05) is 31.4 Å². The summed E-state index contributed by atoms with van der Waals surface area (Å²) >= 11 is 0. The molecular formula is C30H38F3N3O6S. The van der Waals surface area contributed by atoms with Crippen molar-refractivity contribution in [3.05, 3.63) is 58.4 Å². The number of halogens is 3. The fourth-order valence-corrected chi connectivity index (χ4v) is 6.34. The van der Waals surface area contributed by atoms with Crippen molar-refractivity contribution >= 4 is 33.3 Å². The van der Waals surface area contributed by atoms with Gasteiger partial charge in [0, 0.05) is 35.2 Å². The van der Waals surface area contributed by atoms with Crippen LogP contribution in [0.25, 0.3) is 0 Å². The van der Waals surface area contributed by atoms with Crippen LogP contribution < -0.4 is 10.6 Å². The topological polar surface area (TPSA) is 132 Å². The van der Waals surface area contributed by atoms with Crippen LogP contribution in [-0.4, -0.2) is 56.3 Å². The van der Waals surface area contributed by atoms with Gasteiger partial charge in [0.2, 0.25) is 5.91 Å². The van der Waals surface area contributed by atoms with E-state index in [1.807, 2.05) is 0 Å². The zero-order valence-corrected chi connectivity index (χ0v) is 25.6. The van der Waals surface area contributed by atoms with Crippen molar-refractivity contribution in [1.29, 1.82) is 0 Å². The molecular weight excluding hydrogens is 587 g/mol. The number of hydrogen-bond acceptors (Lipinski definition) is 7. The lowest BCUT2D eigenvalue weighted by atomic mass is 9.80. The van der Waals surface area contributed by atoms with Gasteiger partial charge in [-0.3, -0.25) is 14.6 Å². The van der Waals surface area contributed by atoms with Crippen molar-refractivity contribution in [3.8, 4) is 0 Å². The molecule has 0 aliphatic heterocycles. The highest BCUT2D eigenvalue weighted by molar-refractivity contribution is 7.90. The van der Waals surface area contributed by atoms with Gasteiger partial charge in [0.15, 0.2) is 0 Å². The van der Waals surface area contributed by atoms with Crippen molar-refractivity contribution in [2.24, 2.45) is 5.41 Å². The normalized spacial score (nSPS) is 15.5. The standard InChI is InChI=1S/C30H38F3N3O6S/c1-19-17-23(30(31,32)33)25(20(2)34-19)26(37)35-22-11-9-21(10-12-22)18-24(27(38)42-3)36-28(39)29(13-5-6-14-29)15-7-8-16-43(4,40)41/h9-12,17,24H,5-8,13-16,18H2,1-4H3,(H,35,37)(H,36,39). The number of hydrogen-bond donors (Lipinski definition) is 2. The number of amides is 2. The minimum absolute atomic E-state index is 0.0477. The number of rotatable bonds is 12. The van der Waals surface area contributed by atoms with Gasteiger partial charge < -0.3 is 15.4 Å². The first-order valence-electron chi connectivity index (χ1n) is 14.1. The van der Waals surface area contributed by atoms with Crippen LogP contribution in [-0.2, 0) is 36.8 Å². The molecule has 9 nitrogen and oxygen atoms in total. The Kier molecular flexibility index (Phi) is 11.0. The minimum Gasteiger partial charge on any atom is -0.467 e. The molecule has 13 heteroatoms. The number of alkyl halides is 3. The Morgan fingerprint density at radius 1 is 1.07 bits per heavy atom. The van der Waals surface area contributed by atoms with Gasteiger partial charge in [-0.15, -0.1) is 0 Å². The maximum Gasteiger partial charge on any atom is 0.417 e. The number of aryl methyl sites for hydroxylation is 2. The number of carbonyl (C=O) groups excluding carboxylic acids is 3. The summed E-state index contributed by atoms with van der Waals surface area (Å²) in [7, 11) is -1.88. The van der Waals surface area contributed by atoms with Crippen LogP contribution in [0.5, 0.6) is 0 Å². The average Bonchev–Trinajstić information content (AvgIpc) is 3.40. The smallest absolute Gasteiger partial charge is 0.417 e. The van der Waals surface area contributed by atoms with Crippen LogP contribution >= 0.6 is 0 Å². The SMILES string of the molecule is COC(=O)C(Cc1ccc(NC(=O)c2c(C(F)(F)F)cc(C)nc2C)cc1)NC(=O)C1(CCCCS(C)(=O)=O)CCCC1. The predicted octanol–water partition coefficient (Wildman–Crippen LogP) is 4.95. The lowest BCUT2D eigenvalue weighted by Crippen LogP contribution is -2.49. The number of benzene rings is 1. The van der Waals surface area contributed by atoms with Gasteiger partial charge >= 0.3 is 12.1 Å². The third kappa shape index (κ3) is 9.25. The molecule has 1 fully saturated rings. The molecule has 1 saturated carbocycles. The lowest BCUT2D eigenvalue weighted by molar-refractivity contribution is -0.146. The second-order valence-corrected chi connectivity index (χ2v) is 13.5.